The third kappa shape index (κ3) is 32.2. The van der Waals surface area contributed by atoms with Crippen molar-refractivity contribution in [2.45, 2.75) is 69.2 Å². The fraction of sp³-hybridized carbons (Fsp3) is 0.206. The molecule has 0 saturated heterocycles. The van der Waals surface area contributed by atoms with Crippen LogP contribution in [0.15, 0.2) is 388 Å². The summed E-state index contributed by atoms with van der Waals surface area (Å²) in [7, 11) is 11.9. The van der Waals surface area contributed by atoms with E-state index in [9.17, 15) is 36.5 Å². The van der Waals surface area contributed by atoms with Gasteiger partial charge in [0, 0.05) is 156 Å². The van der Waals surface area contributed by atoms with E-state index in [0.717, 1.165) is 122 Å². The molecule has 0 fully saturated rings. The molecule has 0 saturated carbocycles. The van der Waals surface area contributed by atoms with Crippen LogP contribution in [0.2, 0.25) is 0 Å². The van der Waals surface area contributed by atoms with Gasteiger partial charge in [-0.2, -0.15) is 9.46 Å². The largest absolute Gasteiger partial charge is 0.710 e. The molecule has 0 spiro atoms. The molecule has 7 aromatic carbocycles. The molecule has 7 heterocycles. The number of azo groups is 5. The van der Waals surface area contributed by atoms with Gasteiger partial charge in [-0.05, 0) is 329 Å². The molecule has 37 nitrogen and oxygen atoms in total. The van der Waals surface area contributed by atoms with Crippen molar-refractivity contribution in [2.75, 3.05) is 106 Å². The molecule has 0 unspecified atom stereocenters. The van der Waals surface area contributed by atoms with Crippen LogP contribution in [0.25, 0.3) is 0 Å². The highest BCUT2D eigenvalue weighted by Crippen LogP contribution is 2.29. The Balaban J connectivity index is 0.000000173. The quantitative estimate of drug-likeness (QED) is 0.0114. The number of nitrogens with zero attached hydrogens (tertiary/aromatic N) is 26. The Morgan fingerprint density at radius 2 is 0.653 bits per heavy atom. The lowest BCUT2D eigenvalue weighted by molar-refractivity contribution is -0.599. The van der Waals surface area contributed by atoms with Crippen LogP contribution in [-0.4, -0.2) is 135 Å². The molecule has 0 radical (unpaired) electrons. The number of aromatic nitrogens is 7. The van der Waals surface area contributed by atoms with E-state index in [4.69, 9.17) is 21.0 Å². The molecular weight excluding hydrogens is 1820 g/mol. The molecule has 144 heavy (non-hydrogen) atoms. The number of nitrogens with one attached hydrogen (secondary N) is 2. The van der Waals surface area contributed by atoms with E-state index in [1.807, 2.05) is 260 Å². The van der Waals surface area contributed by atoms with Gasteiger partial charge in [0.25, 0.3) is 0 Å². The molecule has 2 aliphatic rings. The summed E-state index contributed by atoms with van der Waals surface area (Å²) in [6.45, 7) is 21.9. The van der Waals surface area contributed by atoms with Gasteiger partial charge in [-0.3, -0.25) is 0 Å². The first kappa shape index (κ1) is 108. The van der Waals surface area contributed by atoms with Crippen molar-refractivity contribution in [3.63, 3.8) is 0 Å². The van der Waals surface area contributed by atoms with Gasteiger partial charge >= 0.3 is 29.1 Å². The van der Waals surface area contributed by atoms with Crippen molar-refractivity contribution in [1.82, 2.24) is 9.46 Å². The van der Waals surface area contributed by atoms with Gasteiger partial charge in [0.15, 0.2) is 11.0 Å². The lowest BCUT2D eigenvalue weighted by Gasteiger charge is -2.22. The Morgan fingerprint density at radius 1 is 0.312 bits per heavy atom. The molecule has 7 aromatic heterocycles. The summed E-state index contributed by atoms with van der Waals surface area (Å²) >= 11 is 0. The molecule has 14 aromatic rings. The van der Waals surface area contributed by atoms with Gasteiger partial charge in [-0.1, -0.05) is 54.6 Å². The first-order valence-corrected chi connectivity index (χ1v) is 45.7. The summed E-state index contributed by atoms with van der Waals surface area (Å²) in [6.07, 6.45) is 12.7. The summed E-state index contributed by atoms with van der Waals surface area (Å²) in [5, 5.41) is 169. The smallest absolute Gasteiger partial charge is 0.354 e. The molecule has 0 amide bonds. The average Bonchev–Trinajstić information content (AvgIpc) is 0.679. The molecule has 16 rings (SSSR count). The van der Waals surface area contributed by atoms with Gasteiger partial charge < -0.3 is 82.0 Å². The lowest BCUT2D eigenvalue weighted by Crippen LogP contribution is -2.30. The van der Waals surface area contributed by atoms with Gasteiger partial charge in [-0.15, -0.1) is 20.4 Å². The zero-order valence-electron chi connectivity index (χ0n) is 83.2. The number of aliphatic hydroxyl groups is 2. The Labute approximate surface area is 836 Å². The molecular formula is C107H118N28O9. The minimum atomic E-state index is 0.0122. The van der Waals surface area contributed by atoms with Crippen LogP contribution in [-0.2, 0) is 0 Å². The fourth-order valence-corrected chi connectivity index (χ4v) is 13.5. The predicted molar refractivity (Wildman–Crippen MR) is 563 cm³/mol. The Hall–Kier alpha value is -18.1. The molecule has 2 aliphatic carbocycles. The second-order valence-corrected chi connectivity index (χ2v) is 33.2. The minimum Gasteiger partial charge on any atom is -0.710 e. The van der Waals surface area contributed by atoms with E-state index in [1.54, 1.807) is 148 Å². The number of pyridine rings is 7. The van der Waals surface area contributed by atoms with Gasteiger partial charge in [0.2, 0.25) is 0 Å². The molecule has 6 N–H and O–H groups in total. The third-order valence-corrected chi connectivity index (χ3v) is 21.5. The third-order valence-electron chi connectivity index (χ3n) is 21.5. The maximum atomic E-state index is 11.8. The highest BCUT2D eigenvalue weighted by molar-refractivity contribution is 6.25. The zero-order valence-corrected chi connectivity index (χ0v) is 83.2. The van der Waals surface area contributed by atoms with Crippen molar-refractivity contribution in [3.05, 3.63) is 420 Å². The van der Waals surface area contributed by atoms with E-state index in [1.165, 1.54) is 24.8 Å². The van der Waals surface area contributed by atoms with Crippen LogP contribution in [0.1, 0.15) is 81.0 Å². The summed E-state index contributed by atoms with van der Waals surface area (Å²) in [6, 6.07) is 80.9. The topological polar surface area (TPSA) is 462 Å². The molecule has 0 atom stereocenters. The van der Waals surface area contributed by atoms with E-state index < -0.39 is 0 Å². The van der Waals surface area contributed by atoms with E-state index in [2.05, 4.69) is 90.3 Å². The SMILES string of the molecule is CCN(CC)c1ccc(N=Nc2cc(C)cc[n+]2[O-])cc1.Cc1cc(C)[n+]([O-])c(N=Nc2ccc(N(C)C)cc2)c1.Cc1cc[n+]([O-])c(N=Nc2ccc(N(C)C)cc2)c1.Cc1cc[n+]([O-])c(N=Nc2ccc(N(CCO)CCO)cc2)c1.Cc1cccc(=NN=C2C=CC(=N)c3ccccc32)n1O.Cc1cccc(N=Nc2ccc(N(C)C)cc2)[n+]1[O-].Cc1ccn(O)c(=NN=C2C=CC(=N)c3ccccc32)c1. The van der Waals surface area contributed by atoms with Gasteiger partial charge in [-0.25, -0.2) is 23.7 Å². The highest BCUT2D eigenvalue weighted by Gasteiger charge is 2.19. The molecule has 0 aliphatic heterocycles. The molecule has 740 valence electrons. The standard InChI is InChI=1S/C16H20N4O3.2C16H14N4O.C16H20N4O.C15H18N4O.2C14H16N4O/c1-13-6-7-20(23)16(12-13)18-17-14-2-4-15(5-3-14)19(8-10-21)9-11-22;1-11-5-4-8-16(20(11)21)19-18-15-10-9-14(17)12-6-2-3-7-13(12)15;1-11-8-9-20(21)16(10-11)19-18-15-7-6-14(17)12-4-2-3-5-13(12)15;1-4-19(5-2)15-8-6-14(7-9-15)17-18-16-12-13(3)10-11-20(16)21;1-11-9-12(2)19(20)15(10-11)17-16-13-5-7-14(8-6-13)18(3)4;1-11-8-9-18(19)14(10-11)16-15-12-4-6-13(7-5-12)17(2)3;1-11-5-4-6-14(18(11)19)16-15-12-7-9-13(10-8-12)17(2)3/h2-7,12,21-22H,8-11H2,1H3;2*2-10,17,21H,1H3;6-12H,4-5H2,1-3H3;5-10H,1-4H3;2*4-10H,1-3H3. The van der Waals surface area contributed by atoms with Gasteiger partial charge in [0.1, 0.15) is 39.8 Å². The number of aryl methyl sites for hydroxylation is 8. The maximum Gasteiger partial charge on any atom is 0.354 e. The second kappa shape index (κ2) is 53.7. The summed E-state index contributed by atoms with van der Waals surface area (Å²) in [5.74, 6) is 1.41. The Bertz CT molecular complexity index is 7000. The lowest BCUT2D eigenvalue weighted by atomic mass is 9.94. The Kier molecular flexibility index (Phi) is 40.2. The predicted octanol–water partition coefficient (Wildman–Crippen LogP) is 19.9. The number of hydrogen-bond donors (Lipinski definition) is 6. The summed E-state index contributed by atoms with van der Waals surface area (Å²) in [5.41, 5.74) is 21.9. The van der Waals surface area contributed by atoms with E-state index >= 15 is 0 Å². The minimum absolute atomic E-state index is 0.0122. The molecule has 37 heteroatoms. The zero-order chi connectivity index (χ0) is 104. The van der Waals surface area contributed by atoms with Crippen LogP contribution in [0.3, 0.4) is 0 Å². The fourth-order valence-electron chi connectivity index (χ4n) is 13.5. The number of anilines is 5. The number of allylic oxidation sites excluding steroid dienone is 4. The van der Waals surface area contributed by atoms with Crippen LogP contribution in [0, 0.1) is 92.2 Å². The number of fused-ring (bicyclic) bond motifs is 2. The van der Waals surface area contributed by atoms with Crippen LogP contribution in [0.4, 0.5) is 86.0 Å². The second-order valence-electron chi connectivity index (χ2n) is 33.2. The van der Waals surface area contributed by atoms with Crippen molar-refractivity contribution in [2.24, 2.45) is 71.5 Å². The first-order valence-electron chi connectivity index (χ1n) is 45.7. The number of benzene rings is 7. The number of hydrogen-bond acceptors (Lipinski definition) is 30. The number of rotatable bonds is 23. The van der Waals surface area contributed by atoms with Crippen LogP contribution in [0.5, 0.6) is 0 Å². The van der Waals surface area contributed by atoms with Crippen molar-refractivity contribution in [3.8, 4) is 0 Å². The monoisotopic (exact) mass is 1940 g/mol. The van der Waals surface area contributed by atoms with Crippen LogP contribution < -0.4 is 59.1 Å². The van der Waals surface area contributed by atoms with E-state index in [0.29, 0.717) is 107 Å². The molecule has 0 bridgehead atoms. The normalized spacial score (nSPS) is 12.5. The summed E-state index contributed by atoms with van der Waals surface area (Å²) in [4.78, 5) is 10.1. The van der Waals surface area contributed by atoms with Crippen molar-refractivity contribution < 1.29 is 44.3 Å². The highest BCUT2D eigenvalue weighted by atomic mass is 16.5. The first-order chi connectivity index (χ1) is 69.2. The Morgan fingerprint density at radius 3 is 1.04 bits per heavy atom. The van der Waals surface area contributed by atoms with Crippen LogP contribution >= 0.6 is 0 Å². The average molecular weight is 1940 g/mol. The maximum absolute atomic E-state index is 11.8. The van der Waals surface area contributed by atoms with E-state index in [-0.39, 0.29) is 30.7 Å². The van der Waals surface area contributed by atoms with Crippen molar-refractivity contribution >= 4 is 109 Å². The van der Waals surface area contributed by atoms with Crippen molar-refractivity contribution in [1.29, 1.82) is 10.8 Å². The van der Waals surface area contributed by atoms with Gasteiger partial charge in [0.05, 0.1) is 85.9 Å². The summed E-state index contributed by atoms with van der Waals surface area (Å²) < 4.78 is 5.53. The number of aliphatic hydroxyl groups excluding tert-OH is 2.